The Hall–Kier alpha value is -0.730. The van der Waals surface area contributed by atoms with Crippen molar-refractivity contribution < 1.29 is 4.74 Å². The average molecular weight is 268 g/mol. The topological polar surface area (TPSA) is 12.5 Å². The number of hydrogen-bond donors (Lipinski definition) is 0. The number of aryl methyl sites for hydroxylation is 1. The Balaban J connectivity index is 2.10. The summed E-state index contributed by atoms with van der Waals surface area (Å²) in [4.78, 5) is 2.44. The highest BCUT2D eigenvalue weighted by atomic mass is 35.5. The number of benzene rings is 1. The van der Waals surface area contributed by atoms with E-state index in [1.165, 1.54) is 29.7 Å². The summed E-state index contributed by atoms with van der Waals surface area (Å²) in [6.07, 6.45) is 2.78. The van der Waals surface area contributed by atoms with E-state index in [0.717, 1.165) is 19.7 Å². The molecule has 3 heteroatoms. The van der Waals surface area contributed by atoms with Crippen LogP contribution in [0.4, 0.5) is 5.69 Å². The minimum absolute atomic E-state index is 0.385. The van der Waals surface area contributed by atoms with Crippen molar-refractivity contribution in [3.8, 4) is 0 Å². The zero-order chi connectivity index (χ0) is 13.0. The summed E-state index contributed by atoms with van der Waals surface area (Å²) in [6.45, 7) is 7.18. The van der Waals surface area contributed by atoms with Gasteiger partial charge in [-0.05, 0) is 43.9 Å². The highest BCUT2D eigenvalue weighted by molar-refractivity contribution is 6.17. The van der Waals surface area contributed by atoms with E-state index in [0.29, 0.717) is 12.0 Å². The molecular weight excluding hydrogens is 246 g/mol. The molecule has 0 amide bonds. The van der Waals surface area contributed by atoms with Crippen molar-refractivity contribution in [3.05, 3.63) is 29.3 Å². The van der Waals surface area contributed by atoms with Crippen LogP contribution >= 0.6 is 11.6 Å². The molecule has 1 heterocycles. The van der Waals surface area contributed by atoms with Gasteiger partial charge in [0.05, 0.1) is 6.10 Å². The fourth-order valence-electron chi connectivity index (χ4n) is 2.68. The second-order valence-corrected chi connectivity index (χ2v) is 5.19. The van der Waals surface area contributed by atoms with Crippen LogP contribution in [0.3, 0.4) is 0 Å². The lowest BCUT2D eigenvalue weighted by molar-refractivity contribution is 0.0526. The van der Waals surface area contributed by atoms with Gasteiger partial charge in [-0.15, -0.1) is 11.6 Å². The Morgan fingerprint density at radius 3 is 2.94 bits per heavy atom. The van der Waals surface area contributed by atoms with Crippen molar-refractivity contribution in [1.29, 1.82) is 0 Å². The van der Waals surface area contributed by atoms with Gasteiger partial charge in [-0.2, -0.15) is 0 Å². The van der Waals surface area contributed by atoms with Gasteiger partial charge in [0.2, 0.25) is 0 Å². The molecule has 1 fully saturated rings. The average Bonchev–Trinajstić information content (AvgIpc) is 2.39. The van der Waals surface area contributed by atoms with Gasteiger partial charge in [0.15, 0.2) is 0 Å². The van der Waals surface area contributed by atoms with Crippen LogP contribution in [0.25, 0.3) is 0 Å². The van der Waals surface area contributed by atoms with E-state index in [2.05, 4.69) is 36.9 Å². The molecule has 100 valence electrons. The van der Waals surface area contributed by atoms with Gasteiger partial charge in [-0.1, -0.05) is 12.1 Å². The molecule has 0 aliphatic carbocycles. The molecule has 18 heavy (non-hydrogen) atoms. The maximum Gasteiger partial charge on any atom is 0.0750 e. The standard InChI is InChI=1S/C15H22ClNO/c1-3-18-14-5-4-8-17(11-14)15-7-6-13(10-16)9-12(15)2/h6-7,9,14H,3-5,8,10-11H2,1-2H3. The van der Waals surface area contributed by atoms with Crippen molar-refractivity contribution >= 4 is 17.3 Å². The third-order valence-electron chi connectivity index (χ3n) is 3.54. The van der Waals surface area contributed by atoms with E-state index in [-0.39, 0.29) is 0 Å². The zero-order valence-corrected chi connectivity index (χ0v) is 12.0. The Kier molecular flexibility index (Phi) is 4.90. The number of ether oxygens (including phenoxy) is 1. The zero-order valence-electron chi connectivity index (χ0n) is 11.3. The molecule has 0 saturated carbocycles. The molecule has 1 saturated heterocycles. The van der Waals surface area contributed by atoms with Crippen LogP contribution in [0.5, 0.6) is 0 Å². The number of nitrogens with zero attached hydrogens (tertiary/aromatic N) is 1. The molecule has 1 aromatic rings. The molecule has 1 aliphatic heterocycles. The molecule has 2 nitrogen and oxygen atoms in total. The largest absolute Gasteiger partial charge is 0.377 e. The predicted octanol–water partition coefficient (Wildman–Crippen LogP) is 3.74. The van der Waals surface area contributed by atoms with Gasteiger partial charge in [0, 0.05) is 31.3 Å². The highest BCUT2D eigenvalue weighted by Gasteiger charge is 2.21. The molecule has 1 atom stereocenters. The summed E-state index contributed by atoms with van der Waals surface area (Å²) in [6, 6.07) is 6.51. The Labute approximate surface area is 115 Å². The van der Waals surface area contributed by atoms with E-state index in [1.54, 1.807) is 0 Å². The molecule has 0 bridgehead atoms. The van der Waals surface area contributed by atoms with Crippen molar-refractivity contribution in [1.82, 2.24) is 0 Å². The van der Waals surface area contributed by atoms with Crippen molar-refractivity contribution in [2.45, 2.75) is 38.7 Å². The minimum atomic E-state index is 0.385. The fraction of sp³-hybridized carbons (Fsp3) is 0.600. The maximum absolute atomic E-state index is 5.87. The molecule has 1 unspecified atom stereocenters. The number of alkyl halides is 1. The van der Waals surface area contributed by atoms with Crippen LogP contribution in [0, 0.1) is 6.92 Å². The normalized spacial score (nSPS) is 20.2. The van der Waals surface area contributed by atoms with Crippen molar-refractivity contribution in [2.75, 3.05) is 24.6 Å². The molecule has 0 radical (unpaired) electrons. The van der Waals surface area contributed by atoms with E-state index in [1.807, 2.05) is 0 Å². The first kappa shape index (κ1) is 13.7. The van der Waals surface area contributed by atoms with E-state index >= 15 is 0 Å². The predicted molar refractivity (Wildman–Crippen MR) is 77.6 cm³/mol. The van der Waals surface area contributed by atoms with Gasteiger partial charge in [-0.3, -0.25) is 0 Å². The maximum atomic E-state index is 5.87. The lowest BCUT2D eigenvalue weighted by Gasteiger charge is -2.35. The Bertz CT molecular complexity index is 392. The first-order chi connectivity index (χ1) is 8.74. The molecule has 2 rings (SSSR count). The van der Waals surface area contributed by atoms with Gasteiger partial charge in [0.25, 0.3) is 0 Å². The smallest absolute Gasteiger partial charge is 0.0750 e. The van der Waals surface area contributed by atoms with Gasteiger partial charge < -0.3 is 9.64 Å². The van der Waals surface area contributed by atoms with E-state index in [4.69, 9.17) is 16.3 Å². The Morgan fingerprint density at radius 2 is 2.28 bits per heavy atom. The number of rotatable bonds is 4. The molecule has 0 aromatic heterocycles. The molecule has 1 aliphatic rings. The summed E-state index contributed by atoms with van der Waals surface area (Å²) in [7, 11) is 0. The molecular formula is C15H22ClNO. The number of piperidine rings is 1. The third kappa shape index (κ3) is 3.18. The van der Waals surface area contributed by atoms with Crippen molar-refractivity contribution in [2.24, 2.45) is 0 Å². The second-order valence-electron chi connectivity index (χ2n) is 4.92. The van der Waals surface area contributed by atoms with E-state index in [9.17, 15) is 0 Å². The lowest BCUT2D eigenvalue weighted by atomic mass is 10.0. The number of anilines is 1. The van der Waals surface area contributed by atoms with Gasteiger partial charge in [-0.25, -0.2) is 0 Å². The lowest BCUT2D eigenvalue weighted by Crippen LogP contribution is -2.40. The molecule has 0 N–H and O–H groups in total. The van der Waals surface area contributed by atoms with Gasteiger partial charge in [0.1, 0.15) is 0 Å². The molecule has 0 spiro atoms. The summed E-state index contributed by atoms with van der Waals surface area (Å²) < 4.78 is 5.76. The summed E-state index contributed by atoms with van der Waals surface area (Å²) in [5.41, 5.74) is 3.83. The summed E-state index contributed by atoms with van der Waals surface area (Å²) in [5.74, 6) is 0.586. The van der Waals surface area contributed by atoms with Crippen LogP contribution in [0.15, 0.2) is 18.2 Å². The van der Waals surface area contributed by atoms with Crippen LogP contribution in [-0.4, -0.2) is 25.8 Å². The summed E-state index contributed by atoms with van der Waals surface area (Å²) in [5, 5.41) is 0. The first-order valence-electron chi connectivity index (χ1n) is 6.76. The van der Waals surface area contributed by atoms with Crippen molar-refractivity contribution in [3.63, 3.8) is 0 Å². The Morgan fingerprint density at radius 1 is 1.44 bits per heavy atom. The summed E-state index contributed by atoms with van der Waals surface area (Å²) >= 11 is 5.87. The second kappa shape index (κ2) is 6.44. The molecule has 1 aromatic carbocycles. The van der Waals surface area contributed by atoms with Crippen LogP contribution < -0.4 is 4.90 Å². The third-order valence-corrected chi connectivity index (χ3v) is 3.85. The number of halogens is 1. The van der Waals surface area contributed by atoms with Crippen LogP contribution in [0.1, 0.15) is 30.9 Å². The van der Waals surface area contributed by atoms with Gasteiger partial charge >= 0.3 is 0 Å². The monoisotopic (exact) mass is 267 g/mol. The number of hydrogen-bond acceptors (Lipinski definition) is 2. The van der Waals surface area contributed by atoms with E-state index < -0.39 is 0 Å². The van der Waals surface area contributed by atoms with Crippen LogP contribution in [0.2, 0.25) is 0 Å². The first-order valence-corrected chi connectivity index (χ1v) is 7.30. The van der Waals surface area contributed by atoms with Crippen LogP contribution in [-0.2, 0) is 10.6 Å². The quantitative estimate of drug-likeness (QED) is 0.771. The highest BCUT2D eigenvalue weighted by Crippen LogP contribution is 2.26. The minimum Gasteiger partial charge on any atom is -0.377 e. The SMILES string of the molecule is CCOC1CCCN(c2ccc(CCl)cc2C)C1. The fourth-order valence-corrected chi connectivity index (χ4v) is 2.85.